The van der Waals surface area contributed by atoms with Gasteiger partial charge in [0.1, 0.15) is 0 Å². The fourth-order valence-corrected chi connectivity index (χ4v) is 3.42. The third-order valence-electron chi connectivity index (χ3n) is 4.70. The number of hydrogen-bond acceptors (Lipinski definition) is 5. The average Bonchev–Trinajstić information content (AvgIpc) is 3.04. The van der Waals surface area contributed by atoms with Crippen LogP contribution >= 0.6 is 0 Å². The average molecular weight is 365 g/mol. The van der Waals surface area contributed by atoms with Gasteiger partial charge in [0, 0.05) is 23.7 Å². The van der Waals surface area contributed by atoms with E-state index in [1.807, 2.05) is 31.2 Å². The number of rotatable bonds is 3. The fourth-order valence-electron chi connectivity index (χ4n) is 3.42. The fraction of sp³-hybridized carbons (Fsp3) is 0.250. The summed E-state index contributed by atoms with van der Waals surface area (Å²) in [6.45, 7) is 3.68. The number of hydrogen-bond donors (Lipinski definition) is 1. The van der Waals surface area contributed by atoms with E-state index in [9.17, 15) is 9.59 Å². The van der Waals surface area contributed by atoms with E-state index in [1.54, 1.807) is 12.1 Å². The SMILES string of the molecule is CC(=O)N1N=C(c2ccc(NC=O)cc2)c2cc3c(cc2CC1C)OCO3. The molecule has 0 saturated heterocycles. The lowest BCUT2D eigenvalue weighted by Gasteiger charge is -2.21. The highest BCUT2D eigenvalue weighted by Gasteiger charge is 2.28. The van der Waals surface area contributed by atoms with Gasteiger partial charge in [-0.05, 0) is 43.2 Å². The van der Waals surface area contributed by atoms with Crippen molar-refractivity contribution in [1.82, 2.24) is 5.01 Å². The highest BCUT2D eigenvalue weighted by Crippen LogP contribution is 2.37. The van der Waals surface area contributed by atoms with E-state index in [1.165, 1.54) is 11.9 Å². The zero-order chi connectivity index (χ0) is 19.0. The lowest BCUT2D eigenvalue weighted by Crippen LogP contribution is -2.33. The molecule has 2 aliphatic rings. The maximum Gasteiger partial charge on any atom is 0.239 e. The third-order valence-corrected chi connectivity index (χ3v) is 4.70. The molecule has 0 saturated carbocycles. The maximum atomic E-state index is 12.2. The summed E-state index contributed by atoms with van der Waals surface area (Å²) in [4.78, 5) is 22.8. The molecule has 2 heterocycles. The molecule has 7 nitrogen and oxygen atoms in total. The number of fused-ring (bicyclic) bond motifs is 2. The van der Waals surface area contributed by atoms with Crippen LogP contribution in [0.3, 0.4) is 0 Å². The summed E-state index contributed by atoms with van der Waals surface area (Å²) >= 11 is 0. The summed E-state index contributed by atoms with van der Waals surface area (Å²) in [5, 5.41) is 8.81. The molecule has 1 unspecified atom stereocenters. The van der Waals surface area contributed by atoms with E-state index in [0.717, 1.165) is 16.7 Å². The first-order valence-electron chi connectivity index (χ1n) is 8.68. The van der Waals surface area contributed by atoms with Gasteiger partial charge in [-0.15, -0.1) is 0 Å². The summed E-state index contributed by atoms with van der Waals surface area (Å²) < 4.78 is 11.0. The minimum Gasteiger partial charge on any atom is -0.454 e. The molecule has 1 atom stereocenters. The van der Waals surface area contributed by atoms with Crippen molar-refractivity contribution >= 4 is 23.7 Å². The first-order valence-corrected chi connectivity index (χ1v) is 8.68. The largest absolute Gasteiger partial charge is 0.454 e. The van der Waals surface area contributed by atoms with Crippen molar-refractivity contribution in [2.24, 2.45) is 5.10 Å². The Kier molecular flexibility index (Phi) is 4.27. The molecule has 1 N–H and O–H groups in total. The second kappa shape index (κ2) is 6.75. The summed E-state index contributed by atoms with van der Waals surface area (Å²) in [5.74, 6) is 1.26. The summed E-state index contributed by atoms with van der Waals surface area (Å²) in [7, 11) is 0. The molecule has 0 aliphatic carbocycles. The van der Waals surface area contributed by atoms with E-state index in [-0.39, 0.29) is 18.7 Å². The molecular weight excluding hydrogens is 346 g/mol. The number of anilines is 1. The second-order valence-electron chi connectivity index (χ2n) is 6.57. The van der Waals surface area contributed by atoms with Crippen molar-refractivity contribution in [2.75, 3.05) is 12.1 Å². The second-order valence-corrected chi connectivity index (χ2v) is 6.57. The van der Waals surface area contributed by atoms with Crippen molar-refractivity contribution in [2.45, 2.75) is 26.3 Å². The van der Waals surface area contributed by atoms with Crippen molar-refractivity contribution in [3.63, 3.8) is 0 Å². The number of nitrogens with zero attached hydrogens (tertiary/aromatic N) is 2. The molecule has 27 heavy (non-hydrogen) atoms. The van der Waals surface area contributed by atoms with E-state index in [0.29, 0.717) is 35.7 Å². The van der Waals surface area contributed by atoms with Crippen LogP contribution in [0.4, 0.5) is 5.69 Å². The van der Waals surface area contributed by atoms with Crippen LogP contribution in [-0.2, 0) is 16.0 Å². The zero-order valence-corrected chi connectivity index (χ0v) is 15.1. The molecule has 2 aliphatic heterocycles. The van der Waals surface area contributed by atoms with Crippen molar-refractivity contribution in [1.29, 1.82) is 0 Å². The summed E-state index contributed by atoms with van der Waals surface area (Å²) in [6.07, 6.45) is 1.29. The molecule has 0 radical (unpaired) electrons. The molecule has 0 bridgehead atoms. The van der Waals surface area contributed by atoms with Crippen LogP contribution in [-0.4, -0.2) is 35.9 Å². The Labute approximate surface area is 156 Å². The molecule has 7 heteroatoms. The first-order chi connectivity index (χ1) is 13.1. The van der Waals surface area contributed by atoms with Gasteiger partial charge in [0.2, 0.25) is 19.1 Å². The van der Waals surface area contributed by atoms with Crippen molar-refractivity contribution < 1.29 is 19.1 Å². The molecule has 0 spiro atoms. The van der Waals surface area contributed by atoms with Gasteiger partial charge in [0.05, 0.1) is 11.8 Å². The van der Waals surface area contributed by atoms with Gasteiger partial charge in [0.25, 0.3) is 0 Å². The van der Waals surface area contributed by atoms with Crippen LogP contribution in [0.5, 0.6) is 11.5 Å². The summed E-state index contributed by atoms with van der Waals surface area (Å²) in [6, 6.07) is 11.1. The quantitative estimate of drug-likeness (QED) is 0.848. The number of amides is 2. The van der Waals surface area contributed by atoms with Gasteiger partial charge < -0.3 is 14.8 Å². The van der Waals surface area contributed by atoms with Crippen LogP contribution in [0.2, 0.25) is 0 Å². The van der Waals surface area contributed by atoms with E-state index in [4.69, 9.17) is 9.47 Å². The number of carbonyl (C=O) groups is 2. The standard InChI is InChI=1S/C20H19N3O4/c1-12-7-15-8-18-19(27-11-26-18)9-17(15)20(22-23(12)13(2)25)14-3-5-16(6-4-14)21-10-24/h3-6,8-10,12H,7,11H2,1-2H3,(H,21,24). The van der Waals surface area contributed by atoms with Gasteiger partial charge >= 0.3 is 0 Å². The Morgan fingerprint density at radius 3 is 2.59 bits per heavy atom. The predicted octanol–water partition coefficient (Wildman–Crippen LogP) is 2.53. The Morgan fingerprint density at radius 2 is 1.93 bits per heavy atom. The lowest BCUT2D eigenvalue weighted by molar-refractivity contribution is -0.130. The number of nitrogens with one attached hydrogen (secondary N) is 1. The number of ether oxygens (including phenoxy) is 2. The van der Waals surface area contributed by atoms with E-state index >= 15 is 0 Å². The smallest absolute Gasteiger partial charge is 0.239 e. The Bertz CT molecular complexity index is 937. The molecular formula is C20H19N3O4. The normalized spacial score (nSPS) is 17.6. The van der Waals surface area contributed by atoms with E-state index in [2.05, 4.69) is 10.4 Å². The molecule has 0 aromatic heterocycles. The predicted molar refractivity (Wildman–Crippen MR) is 100 cm³/mol. The van der Waals surface area contributed by atoms with Gasteiger partial charge in [-0.2, -0.15) is 5.10 Å². The monoisotopic (exact) mass is 365 g/mol. The first kappa shape index (κ1) is 17.1. The highest BCUT2D eigenvalue weighted by molar-refractivity contribution is 6.14. The van der Waals surface area contributed by atoms with Crippen LogP contribution in [0.15, 0.2) is 41.5 Å². The minimum atomic E-state index is -0.118. The number of carbonyl (C=O) groups excluding carboxylic acids is 2. The van der Waals surface area contributed by atoms with Crippen LogP contribution in [0.1, 0.15) is 30.5 Å². The molecule has 138 valence electrons. The van der Waals surface area contributed by atoms with Crippen molar-refractivity contribution in [3.05, 3.63) is 53.1 Å². The van der Waals surface area contributed by atoms with Crippen LogP contribution in [0, 0.1) is 0 Å². The van der Waals surface area contributed by atoms with Crippen LogP contribution < -0.4 is 14.8 Å². The Hall–Kier alpha value is -3.35. The zero-order valence-electron chi connectivity index (χ0n) is 15.1. The molecule has 2 aromatic rings. The van der Waals surface area contributed by atoms with E-state index < -0.39 is 0 Å². The van der Waals surface area contributed by atoms with Gasteiger partial charge in [-0.25, -0.2) is 5.01 Å². The molecule has 2 amide bonds. The summed E-state index contributed by atoms with van der Waals surface area (Å²) in [5.41, 5.74) is 4.16. The maximum absolute atomic E-state index is 12.2. The van der Waals surface area contributed by atoms with Gasteiger partial charge in [-0.3, -0.25) is 9.59 Å². The van der Waals surface area contributed by atoms with Crippen molar-refractivity contribution in [3.8, 4) is 11.5 Å². The lowest BCUT2D eigenvalue weighted by atomic mass is 9.94. The number of hydrazone groups is 1. The highest BCUT2D eigenvalue weighted by atomic mass is 16.7. The Morgan fingerprint density at radius 1 is 1.22 bits per heavy atom. The van der Waals surface area contributed by atoms with Gasteiger partial charge in [0.15, 0.2) is 11.5 Å². The topological polar surface area (TPSA) is 80.2 Å². The third kappa shape index (κ3) is 3.12. The molecule has 2 aromatic carbocycles. The van der Waals surface area contributed by atoms with Gasteiger partial charge in [-0.1, -0.05) is 12.1 Å². The number of benzene rings is 2. The minimum absolute atomic E-state index is 0.0878. The molecule has 0 fully saturated rings. The Balaban J connectivity index is 1.86. The molecule has 4 rings (SSSR count). The van der Waals surface area contributed by atoms with Crippen LogP contribution in [0.25, 0.3) is 0 Å².